The van der Waals surface area contributed by atoms with E-state index in [-0.39, 0.29) is 29.9 Å². The van der Waals surface area contributed by atoms with Gasteiger partial charge in [-0.2, -0.15) is 0 Å². The van der Waals surface area contributed by atoms with Gasteiger partial charge in [0.25, 0.3) is 5.91 Å². The van der Waals surface area contributed by atoms with Crippen molar-refractivity contribution in [2.75, 3.05) is 13.2 Å². The van der Waals surface area contributed by atoms with E-state index in [1.807, 2.05) is 24.0 Å². The highest BCUT2D eigenvalue weighted by molar-refractivity contribution is 5.94. The third-order valence-corrected chi connectivity index (χ3v) is 5.78. The number of hydrogen-bond donors (Lipinski definition) is 1. The summed E-state index contributed by atoms with van der Waals surface area (Å²) in [6.45, 7) is 3.01. The molecule has 0 unspecified atom stereocenters. The van der Waals surface area contributed by atoms with Crippen LogP contribution in [0.25, 0.3) is 0 Å². The zero-order valence-corrected chi connectivity index (χ0v) is 14.6. The number of carbonyl (C=O) groups is 2. The van der Waals surface area contributed by atoms with Crippen molar-refractivity contribution in [3.63, 3.8) is 0 Å². The number of aryl methyl sites for hydroxylation is 1. The van der Waals surface area contributed by atoms with Gasteiger partial charge in [-0.3, -0.25) is 14.6 Å². The van der Waals surface area contributed by atoms with E-state index in [0.717, 1.165) is 18.5 Å². The maximum atomic E-state index is 12.9. The van der Waals surface area contributed by atoms with Crippen molar-refractivity contribution in [3.8, 4) is 0 Å². The van der Waals surface area contributed by atoms with Crippen molar-refractivity contribution in [3.05, 3.63) is 29.6 Å². The summed E-state index contributed by atoms with van der Waals surface area (Å²) in [5.41, 5.74) is 1.50. The van der Waals surface area contributed by atoms with Crippen molar-refractivity contribution >= 4 is 11.8 Å². The van der Waals surface area contributed by atoms with Crippen LogP contribution in [0.15, 0.2) is 18.3 Å². The number of ether oxygens (including phenoxy) is 1. The number of aromatic nitrogens is 1. The molecule has 0 radical (unpaired) electrons. The summed E-state index contributed by atoms with van der Waals surface area (Å²) in [7, 11) is 0. The lowest BCUT2D eigenvalue weighted by molar-refractivity contribution is -0.126. The highest BCUT2D eigenvalue weighted by Crippen LogP contribution is 2.35. The molecule has 2 amide bonds. The second-order valence-corrected chi connectivity index (χ2v) is 7.47. The molecular weight excluding hydrogens is 318 g/mol. The van der Waals surface area contributed by atoms with E-state index in [9.17, 15) is 9.59 Å². The van der Waals surface area contributed by atoms with Crippen molar-refractivity contribution in [2.45, 2.75) is 57.2 Å². The number of rotatable bonds is 3. The molecule has 6 nitrogen and oxygen atoms in total. The Balaban J connectivity index is 1.44. The third-order valence-electron chi connectivity index (χ3n) is 5.78. The predicted octanol–water partition coefficient (Wildman–Crippen LogP) is 1.68. The molecular formula is C19H25N3O3. The zero-order chi connectivity index (χ0) is 17.4. The van der Waals surface area contributed by atoms with Gasteiger partial charge in [0, 0.05) is 30.4 Å². The number of nitrogens with one attached hydrogen (secondary N) is 1. The molecule has 3 fully saturated rings. The minimum absolute atomic E-state index is 0.00847. The Labute approximate surface area is 147 Å². The fourth-order valence-corrected chi connectivity index (χ4v) is 4.05. The first-order valence-corrected chi connectivity index (χ1v) is 9.27. The molecule has 0 aromatic carbocycles. The van der Waals surface area contributed by atoms with Crippen LogP contribution in [-0.4, -0.2) is 53.0 Å². The van der Waals surface area contributed by atoms with Crippen molar-refractivity contribution in [1.82, 2.24) is 15.2 Å². The Kier molecular flexibility index (Phi) is 4.46. The average Bonchev–Trinajstić information content (AvgIpc) is 3.02. The standard InChI is InChI=1S/C19H25N3O3/c1-12-5-6-13(11-20-12)19(24)22-7-8-25-17-10-14(9-16(17)22)18(23)21-15-3-2-4-15/h5-6,11,14-17H,2-4,7-10H2,1H3,(H,21,23)/t14-,16+,17+/m0/s1. The number of hydrogen-bond acceptors (Lipinski definition) is 4. The summed E-state index contributed by atoms with van der Waals surface area (Å²) in [5.74, 6) is 0.0677. The van der Waals surface area contributed by atoms with Gasteiger partial charge >= 0.3 is 0 Å². The highest BCUT2D eigenvalue weighted by Gasteiger charge is 2.45. The van der Waals surface area contributed by atoms with Gasteiger partial charge < -0.3 is 15.0 Å². The average molecular weight is 343 g/mol. The summed E-state index contributed by atoms with van der Waals surface area (Å²) in [5, 5.41) is 3.14. The van der Waals surface area contributed by atoms with E-state index in [2.05, 4.69) is 10.3 Å². The first-order chi connectivity index (χ1) is 12.1. The molecule has 1 aliphatic heterocycles. The van der Waals surface area contributed by atoms with E-state index in [1.54, 1.807) is 6.20 Å². The van der Waals surface area contributed by atoms with Gasteiger partial charge in [-0.15, -0.1) is 0 Å². The molecule has 2 saturated carbocycles. The van der Waals surface area contributed by atoms with Crippen molar-refractivity contribution in [2.24, 2.45) is 5.92 Å². The van der Waals surface area contributed by atoms with Gasteiger partial charge in [0.2, 0.25) is 5.91 Å². The van der Waals surface area contributed by atoms with E-state index in [1.165, 1.54) is 6.42 Å². The number of amides is 2. The molecule has 1 N–H and O–H groups in total. The number of pyridine rings is 1. The molecule has 0 spiro atoms. The maximum Gasteiger partial charge on any atom is 0.255 e. The Morgan fingerprint density at radius 1 is 1.28 bits per heavy atom. The topological polar surface area (TPSA) is 71.5 Å². The van der Waals surface area contributed by atoms with Crippen LogP contribution in [0.4, 0.5) is 0 Å². The van der Waals surface area contributed by atoms with Crippen LogP contribution in [0.1, 0.15) is 48.2 Å². The second kappa shape index (κ2) is 6.75. The summed E-state index contributed by atoms with van der Waals surface area (Å²) < 4.78 is 5.87. The van der Waals surface area contributed by atoms with Gasteiger partial charge in [0.15, 0.2) is 0 Å². The molecule has 6 heteroatoms. The lowest BCUT2D eigenvalue weighted by Gasteiger charge is -2.37. The summed E-state index contributed by atoms with van der Waals surface area (Å²) >= 11 is 0. The Morgan fingerprint density at radius 3 is 2.80 bits per heavy atom. The SMILES string of the molecule is Cc1ccc(C(=O)N2CCO[C@@H]3C[C@@H](C(=O)NC4CCC4)C[C@H]32)cn1. The molecule has 4 rings (SSSR count). The quantitative estimate of drug-likeness (QED) is 0.906. The molecule has 1 saturated heterocycles. The number of fused-ring (bicyclic) bond motifs is 1. The Bertz CT molecular complexity index is 656. The van der Waals surface area contributed by atoms with Gasteiger partial charge in [-0.1, -0.05) is 0 Å². The Morgan fingerprint density at radius 2 is 2.12 bits per heavy atom. The van der Waals surface area contributed by atoms with Crippen LogP contribution in [0, 0.1) is 12.8 Å². The maximum absolute atomic E-state index is 12.9. The molecule has 134 valence electrons. The van der Waals surface area contributed by atoms with Crippen LogP contribution >= 0.6 is 0 Å². The minimum atomic E-state index is -0.0554. The molecule has 3 atom stereocenters. The number of nitrogens with zero attached hydrogens (tertiary/aromatic N) is 2. The van der Waals surface area contributed by atoms with Crippen LogP contribution in [-0.2, 0) is 9.53 Å². The monoisotopic (exact) mass is 343 g/mol. The lowest BCUT2D eigenvalue weighted by atomic mass is 9.92. The fraction of sp³-hybridized carbons (Fsp3) is 0.632. The van der Waals surface area contributed by atoms with Crippen LogP contribution in [0.2, 0.25) is 0 Å². The Hall–Kier alpha value is -1.95. The normalized spacial score (nSPS) is 29.0. The van der Waals surface area contributed by atoms with Gasteiger partial charge in [-0.05, 0) is 51.2 Å². The molecule has 0 bridgehead atoms. The smallest absolute Gasteiger partial charge is 0.255 e. The third kappa shape index (κ3) is 3.27. The molecule has 1 aromatic heterocycles. The summed E-state index contributed by atoms with van der Waals surface area (Å²) in [6, 6.07) is 4.02. The predicted molar refractivity (Wildman–Crippen MR) is 92.0 cm³/mol. The van der Waals surface area contributed by atoms with Crippen LogP contribution in [0.3, 0.4) is 0 Å². The van der Waals surface area contributed by atoms with Crippen molar-refractivity contribution in [1.29, 1.82) is 0 Å². The van der Waals surface area contributed by atoms with Gasteiger partial charge in [0.1, 0.15) is 0 Å². The van der Waals surface area contributed by atoms with E-state index >= 15 is 0 Å². The highest BCUT2D eigenvalue weighted by atomic mass is 16.5. The summed E-state index contributed by atoms with van der Waals surface area (Å²) in [6.07, 6.45) is 6.38. The first-order valence-electron chi connectivity index (χ1n) is 9.27. The zero-order valence-electron chi connectivity index (χ0n) is 14.6. The summed E-state index contributed by atoms with van der Waals surface area (Å²) in [4.78, 5) is 31.5. The van der Waals surface area contributed by atoms with E-state index < -0.39 is 0 Å². The molecule has 1 aromatic rings. The fourth-order valence-electron chi connectivity index (χ4n) is 4.05. The molecule has 2 aliphatic carbocycles. The molecule has 3 aliphatic rings. The molecule has 2 heterocycles. The molecule has 25 heavy (non-hydrogen) atoms. The second-order valence-electron chi connectivity index (χ2n) is 7.47. The first kappa shape index (κ1) is 16.5. The van der Waals surface area contributed by atoms with Crippen molar-refractivity contribution < 1.29 is 14.3 Å². The van der Waals surface area contributed by atoms with E-state index in [4.69, 9.17) is 4.74 Å². The van der Waals surface area contributed by atoms with Crippen LogP contribution in [0.5, 0.6) is 0 Å². The number of morpholine rings is 1. The van der Waals surface area contributed by atoms with Crippen LogP contribution < -0.4 is 5.32 Å². The van der Waals surface area contributed by atoms with E-state index in [0.29, 0.717) is 37.6 Å². The van der Waals surface area contributed by atoms with Gasteiger partial charge in [-0.25, -0.2) is 0 Å². The lowest BCUT2D eigenvalue weighted by Crippen LogP contribution is -2.51. The number of carbonyl (C=O) groups excluding carboxylic acids is 2. The van der Waals surface area contributed by atoms with Gasteiger partial charge in [0.05, 0.1) is 24.3 Å². The minimum Gasteiger partial charge on any atom is -0.374 e. The largest absolute Gasteiger partial charge is 0.374 e.